The molecular weight excluding hydrogens is 148 g/mol. The highest BCUT2D eigenvalue weighted by Gasteiger charge is 2.22. The van der Waals surface area contributed by atoms with E-state index in [0.717, 1.165) is 31.0 Å². The molecule has 0 aromatic heterocycles. The van der Waals surface area contributed by atoms with E-state index >= 15 is 0 Å². The Hall–Kier alpha value is -0.0800. The summed E-state index contributed by atoms with van der Waals surface area (Å²) in [5.74, 6) is 1.79. The van der Waals surface area contributed by atoms with Crippen molar-refractivity contribution in [3.8, 4) is 0 Å². The SMILES string of the molecule is CC1CC(C)CC(NCCN)C1. The maximum absolute atomic E-state index is 5.45. The highest BCUT2D eigenvalue weighted by molar-refractivity contribution is 4.79. The largest absolute Gasteiger partial charge is 0.329 e. The Morgan fingerprint density at radius 3 is 2.25 bits per heavy atom. The number of hydrogen-bond donors (Lipinski definition) is 2. The molecule has 1 rings (SSSR count). The van der Waals surface area contributed by atoms with Crippen LogP contribution in [0.15, 0.2) is 0 Å². The average molecular weight is 170 g/mol. The third kappa shape index (κ3) is 3.11. The molecule has 0 aromatic rings. The van der Waals surface area contributed by atoms with E-state index in [1.54, 1.807) is 0 Å². The van der Waals surface area contributed by atoms with Gasteiger partial charge in [0.2, 0.25) is 0 Å². The monoisotopic (exact) mass is 170 g/mol. The molecule has 1 aliphatic carbocycles. The first-order valence-corrected chi connectivity index (χ1v) is 5.15. The summed E-state index contributed by atoms with van der Waals surface area (Å²) >= 11 is 0. The molecular formula is C10H22N2. The van der Waals surface area contributed by atoms with E-state index in [-0.39, 0.29) is 0 Å². The summed E-state index contributed by atoms with van der Waals surface area (Å²) in [6.07, 6.45) is 4.08. The average Bonchev–Trinajstić information content (AvgIpc) is 1.99. The zero-order chi connectivity index (χ0) is 8.97. The van der Waals surface area contributed by atoms with Gasteiger partial charge in [-0.2, -0.15) is 0 Å². The fourth-order valence-electron chi connectivity index (χ4n) is 2.40. The predicted molar refractivity (Wildman–Crippen MR) is 53.0 cm³/mol. The molecule has 2 nitrogen and oxygen atoms in total. The first-order valence-electron chi connectivity index (χ1n) is 5.15. The molecule has 1 fully saturated rings. The molecule has 2 atom stereocenters. The zero-order valence-corrected chi connectivity index (χ0v) is 8.34. The Labute approximate surface area is 75.9 Å². The summed E-state index contributed by atoms with van der Waals surface area (Å²) in [6.45, 7) is 6.45. The number of nitrogens with two attached hydrogens (primary N) is 1. The van der Waals surface area contributed by atoms with Crippen molar-refractivity contribution in [1.29, 1.82) is 0 Å². The first-order chi connectivity index (χ1) is 5.72. The summed E-state index contributed by atoms with van der Waals surface area (Å²) in [4.78, 5) is 0. The Bertz CT molecular complexity index is 115. The van der Waals surface area contributed by atoms with Crippen molar-refractivity contribution in [2.24, 2.45) is 17.6 Å². The lowest BCUT2D eigenvalue weighted by Gasteiger charge is -2.32. The standard InChI is InChI=1S/C10H22N2/c1-8-5-9(2)7-10(6-8)12-4-3-11/h8-10,12H,3-7,11H2,1-2H3. The van der Waals surface area contributed by atoms with Gasteiger partial charge in [0.05, 0.1) is 0 Å². The van der Waals surface area contributed by atoms with Gasteiger partial charge in [0.25, 0.3) is 0 Å². The van der Waals surface area contributed by atoms with Gasteiger partial charge in [-0.25, -0.2) is 0 Å². The van der Waals surface area contributed by atoms with Crippen LogP contribution in [0.25, 0.3) is 0 Å². The van der Waals surface area contributed by atoms with Gasteiger partial charge in [0, 0.05) is 19.1 Å². The van der Waals surface area contributed by atoms with Gasteiger partial charge >= 0.3 is 0 Å². The summed E-state index contributed by atoms with van der Waals surface area (Å²) in [7, 11) is 0. The van der Waals surface area contributed by atoms with E-state index in [1.165, 1.54) is 19.3 Å². The summed E-state index contributed by atoms with van der Waals surface area (Å²) in [5, 5.41) is 3.51. The molecule has 0 bridgehead atoms. The number of hydrogen-bond acceptors (Lipinski definition) is 2. The molecule has 0 aromatic carbocycles. The molecule has 0 amide bonds. The van der Waals surface area contributed by atoms with E-state index in [1.807, 2.05) is 0 Å². The van der Waals surface area contributed by atoms with Gasteiger partial charge < -0.3 is 11.1 Å². The molecule has 0 radical (unpaired) electrons. The zero-order valence-electron chi connectivity index (χ0n) is 8.34. The molecule has 3 N–H and O–H groups in total. The van der Waals surface area contributed by atoms with Gasteiger partial charge in [-0.3, -0.25) is 0 Å². The van der Waals surface area contributed by atoms with Gasteiger partial charge in [0.15, 0.2) is 0 Å². The third-order valence-electron chi connectivity index (χ3n) is 2.76. The molecule has 2 heteroatoms. The minimum absolute atomic E-state index is 0.729. The molecule has 0 spiro atoms. The van der Waals surface area contributed by atoms with Crippen molar-refractivity contribution >= 4 is 0 Å². The normalized spacial score (nSPS) is 36.8. The fourth-order valence-corrected chi connectivity index (χ4v) is 2.40. The van der Waals surface area contributed by atoms with Gasteiger partial charge in [-0.05, 0) is 31.1 Å². The van der Waals surface area contributed by atoms with E-state index < -0.39 is 0 Å². The molecule has 0 heterocycles. The lowest BCUT2D eigenvalue weighted by atomic mass is 9.80. The Morgan fingerprint density at radius 2 is 1.75 bits per heavy atom. The van der Waals surface area contributed by atoms with Crippen LogP contribution < -0.4 is 11.1 Å². The predicted octanol–water partition coefficient (Wildman–Crippen LogP) is 1.36. The fraction of sp³-hybridized carbons (Fsp3) is 1.00. The minimum atomic E-state index is 0.729. The highest BCUT2D eigenvalue weighted by atomic mass is 14.9. The van der Waals surface area contributed by atoms with Crippen LogP contribution in [0.3, 0.4) is 0 Å². The number of nitrogens with one attached hydrogen (secondary N) is 1. The summed E-state index contributed by atoms with van der Waals surface area (Å²) < 4.78 is 0. The maximum atomic E-state index is 5.45. The van der Waals surface area contributed by atoms with Crippen LogP contribution in [0.1, 0.15) is 33.1 Å². The van der Waals surface area contributed by atoms with E-state index in [2.05, 4.69) is 19.2 Å². The molecule has 12 heavy (non-hydrogen) atoms. The van der Waals surface area contributed by atoms with Gasteiger partial charge in [0.1, 0.15) is 0 Å². The Kier molecular flexibility index (Phi) is 4.02. The maximum Gasteiger partial charge on any atom is 0.00770 e. The van der Waals surface area contributed by atoms with Crippen molar-refractivity contribution in [1.82, 2.24) is 5.32 Å². The molecule has 0 aliphatic heterocycles. The number of rotatable bonds is 3. The van der Waals surface area contributed by atoms with E-state index in [4.69, 9.17) is 5.73 Å². The topological polar surface area (TPSA) is 38.0 Å². The highest BCUT2D eigenvalue weighted by Crippen LogP contribution is 2.28. The van der Waals surface area contributed by atoms with Crippen LogP contribution in [-0.2, 0) is 0 Å². The van der Waals surface area contributed by atoms with E-state index in [9.17, 15) is 0 Å². The van der Waals surface area contributed by atoms with Crippen LogP contribution >= 0.6 is 0 Å². The van der Waals surface area contributed by atoms with Gasteiger partial charge in [-0.1, -0.05) is 13.8 Å². The van der Waals surface area contributed by atoms with Crippen molar-refractivity contribution in [3.63, 3.8) is 0 Å². The van der Waals surface area contributed by atoms with E-state index in [0.29, 0.717) is 0 Å². The lowest BCUT2D eigenvalue weighted by molar-refractivity contribution is 0.240. The smallest absolute Gasteiger partial charge is 0.00770 e. The van der Waals surface area contributed by atoms with Crippen molar-refractivity contribution in [2.45, 2.75) is 39.2 Å². The van der Waals surface area contributed by atoms with Crippen molar-refractivity contribution in [2.75, 3.05) is 13.1 Å². The van der Waals surface area contributed by atoms with Crippen LogP contribution in [0.2, 0.25) is 0 Å². The van der Waals surface area contributed by atoms with Crippen molar-refractivity contribution in [3.05, 3.63) is 0 Å². The Balaban J connectivity index is 2.24. The van der Waals surface area contributed by atoms with Gasteiger partial charge in [-0.15, -0.1) is 0 Å². The second-order valence-corrected chi connectivity index (χ2v) is 4.36. The second kappa shape index (κ2) is 4.83. The lowest BCUT2D eigenvalue weighted by Crippen LogP contribution is -2.38. The minimum Gasteiger partial charge on any atom is -0.329 e. The summed E-state index contributed by atoms with van der Waals surface area (Å²) in [6, 6.07) is 0.729. The van der Waals surface area contributed by atoms with Crippen LogP contribution in [-0.4, -0.2) is 19.1 Å². The Morgan fingerprint density at radius 1 is 1.17 bits per heavy atom. The van der Waals surface area contributed by atoms with Crippen LogP contribution in [0.4, 0.5) is 0 Å². The van der Waals surface area contributed by atoms with Crippen molar-refractivity contribution < 1.29 is 0 Å². The molecule has 1 saturated carbocycles. The van der Waals surface area contributed by atoms with Crippen LogP contribution in [0, 0.1) is 11.8 Å². The summed E-state index contributed by atoms with van der Waals surface area (Å²) in [5.41, 5.74) is 5.45. The molecule has 2 unspecified atom stereocenters. The quantitative estimate of drug-likeness (QED) is 0.671. The molecule has 72 valence electrons. The molecule has 0 saturated heterocycles. The third-order valence-corrected chi connectivity index (χ3v) is 2.76. The van der Waals surface area contributed by atoms with Crippen LogP contribution in [0.5, 0.6) is 0 Å². The second-order valence-electron chi connectivity index (χ2n) is 4.36. The molecule has 1 aliphatic rings. The first kappa shape index (κ1) is 10.0.